The molecule has 4 heterocycles. The molecule has 0 spiro atoms. The molecule has 0 amide bonds. The van der Waals surface area contributed by atoms with E-state index in [9.17, 15) is 14.7 Å². The monoisotopic (exact) mass is 418 g/mol. The predicted molar refractivity (Wildman–Crippen MR) is 116 cm³/mol. The molecule has 8 nitrogen and oxygen atoms in total. The summed E-state index contributed by atoms with van der Waals surface area (Å²) in [6, 6.07) is 7.62. The van der Waals surface area contributed by atoms with E-state index >= 15 is 0 Å². The number of nitrogens with zero attached hydrogens (tertiary/aromatic N) is 3. The van der Waals surface area contributed by atoms with E-state index in [4.69, 9.17) is 15.5 Å². The minimum absolute atomic E-state index is 0.115. The number of carbonyl (C=O) groups excluding carboxylic acids is 1. The highest BCUT2D eigenvalue weighted by Gasteiger charge is 2.45. The SMILES string of the molecule is CCc1cc(N=CN)cc2cc3c(nc12)-c1cc2c(c(=O)n1C3)COC(=O)[C@]2(O)CC. The van der Waals surface area contributed by atoms with Gasteiger partial charge < -0.3 is 20.1 Å². The zero-order chi connectivity index (χ0) is 21.9. The summed E-state index contributed by atoms with van der Waals surface area (Å²) < 4.78 is 6.75. The van der Waals surface area contributed by atoms with E-state index in [1.165, 1.54) is 6.34 Å². The lowest BCUT2D eigenvalue weighted by atomic mass is 9.86. The Bertz CT molecular complexity index is 1360. The molecular weight excluding hydrogens is 396 g/mol. The Hall–Kier alpha value is -3.52. The van der Waals surface area contributed by atoms with Gasteiger partial charge in [-0.05, 0) is 42.7 Å². The number of benzene rings is 1. The molecule has 2 aliphatic rings. The van der Waals surface area contributed by atoms with Crippen LogP contribution in [-0.2, 0) is 34.7 Å². The fourth-order valence-electron chi connectivity index (χ4n) is 4.58. The fraction of sp³-hybridized carbons (Fsp3) is 0.304. The van der Waals surface area contributed by atoms with E-state index < -0.39 is 11.6 Å². The summed E-state index contributed by atoms with van der Waals surface area (Å²) in [5.41, 5.74) is 8.81. The lowest BCUT2D eigenvalue weighted by Gasteiger charge is -2.31. The molecule has 3 N–H and O–H groups in total. The number of carbonyl (C=O) groups is 1. The largest absolute Gasteiger partial charge is 0.458 e. The molecule has 0 saturated heterocycles. The van der Waals surface area contributed by atoms with Crippen molar-refractivity contribution in [3.63, 3.8) is 0 Å². The highest BCUT2D eigenvalue weighted by Crippen LogP contribution is 2.39. The number of esters is 1. The van der Waals surface area contributed by atoms with Crippen LogP contribution in [0.2, 0.25) is 0 Å². The molecule has 31 heavy (non-hydrogen) atoms. The highest BCUT2D eigenvalue weighted by molar-refractivity contribution is 5.90. The van der Waals surface area contributed by atoms with Gasteiger partial charge in [0.1, 0.15) is 6.61 Å². The Kier molecular flexibility index (Phi) is 4.23. The molecule has 8 heteroatoms. The van der Waals surface area contributed by atoms with Crippen molar-refractivity contribution in [1.82, 2.24) is 9.55 Å². The molecule has 1 atom stereocenters. The summed E-state index contributed by atoms with van der Waals surface area (Å²) in [4.78, 5) is 34.6. The quantitative estimate of drug-likeness (QED) is 0.299. The van der Waals surface area contributed by atoms with Gasteiger partial charge in [-0.3, -0.25) is 4.79 Å². The zero-order valence-corrected chi connectivity index (χ0v) is 17.3. The Balaban J connectivity index is 1.77. The van der Waals surface area contributed by atoms with Crippen LogP contribution in [0.25, 0.3) is 22.3 Å². The number of nitrogens with two attached hydrogens (primary N) is 1. The van der Waals surface area contributed by atoms with Crippen molar-refractivity contribution < 1.29 is 14.6 Å². The standard InChI is InChI=1S/C23H22N4O4/c1-3-12-6-15(25-11-24)7-13-5-14-9-27-18(20(14)26-19(12)13)8-17-16(21(27)28)10-31-22(29)23(17,30)4-2/h5-8,11,30H,3-4,9-10H2,1-2H3,(H2,24,25)/t23-/m0/s1. The number of cyclic esters (lactones) is 1. The first-order valence-electron chi connectivity index (χ1n) is 10.3. The van der Waals surface area contributed by atoms with Crippen LogP contribution in [0.5, 0.6) is 0 Å². The van der Waals surface area contributed by atoms with Gasteiger partial charge in [-0.2, -0.15) is 0 Å². The van der Waals surface area contributed by atoms with Crippen molar-refractivity contribution in [3.8, 4) is 11.4 Å². The number of aliphatic hydroxyl groups is 1. The van der Waals surface area contributed by atoms with Gasteiger partial charge in [0.2, 0.25) is 0 Å². The van der Waals surface area contributed by atoms with Gasteiger partial charge in [0.05, 0.1) is 41.0 Å². The highest BCUT2D eigenvalue weighted by atomic mass is 16.6. The van der Waals surface area contributed by atoms with Crippen molar-refractivity contribution in [2.24, 2.45) is 10.7 Å². The van der Waals surface area contributed by atoms with Crippen molar-refractivity contribution in [2.45, 2.75) is 45.4 Å². The summed E-state index contributed by atoms with van der Waals surface area (Å²) in [6.07, 6.45) is 2.14. The molecule has 5 rings (SSSR count). The van der Waals surface area contributed by atoms with Crippen LogP contribution in [-0.4, -0.2) is 27.0 Å². The third-order valence-electron chi connectivity index (χ3n) is 6.28. The van der Waals surface area contributed by atoms with Crippen LogP contribution in [0.1, 0.15) is 42.5 Å². The first-order chi connectivity index (χ1) is 14.9. The van der Waals surface area contributed by atoms with Gasteiger partial charge in [0, 0.05) is 16.5 Å². The molecular formula is C23H22N4O4. The number of hydrogen-bond acceptors (Lipinski definition) is 6. The Labute approximate surface area is 178 Å². The van der Waals surface area contributed by atoms with Crippen molar-refractivity contribution in [3.05, 3.63) is 56.9 Å². The number of pyridine rings is 2. The second kappa shape index (κ2) is 6.75. The summed E-state index contributed by atoms with van der Waals surface area (Å²) in [7, 11) is 0. The van der Waals surface area contributed by atoms with Crippen LogP contribution in [0, 0.1) is 0 Å². The summed E-state index contributed by atoms with van der Waals surface area (Å²) in [5.74, 6) is -0.724. The van der Waals surface area contributed by atoms with Crippen molar-refractivity contribution in [1.29, 1.82) is 0 Å². The van der Waals surface area contributed by atoms with E-state index in [1.807, 2.05) is 25.1 Å². The third-order valence-corrected chi connectivity index (χ3v) is 6.28. The van der Waals surface area contributed by atoms with Crippen LogP contribution in [0.4, 0.5) is 5.69 Å². The summed E-state index contributed by atoms with van der Waals surface area (Å²) in [6.45, 7) is 3.96. The molecule has 0 unspecified atom stereocenters. The van der Waals surface area contributed by atoms with Crippen molar-refractivity contribution in [2.75, 3.05) is 0 Å². The minimum atomic E-state index is -1.83. The van der Waals surface area contributed by atoms with E-state index in [0.717, 1.165) is 34.1 Å². The number of rotatable bonds is 3. The van der Waals surface area contributed by atoms with E-state index in [0.29, 0.717) is 29.1 Å². The first-order valence-corrected chi connectivity index (χ1v) is 10.3. The van der Waals surface area contributed by atoms with Gasteiger partial charge in [-0.25, -0.2) is 14.8 Å². The third kappa shape index (κ3) is 2.64. The van der Waals surface area contributed by atoms with Crippen LogP contribution in [0.3, 0.4) is 0 Å². The van der Waals surface area contributed by atoms with E-state index in [2.05, 4.69) is 4.99 Å². The smallest absolute Gasteiger partial charge is 0.343 e. The molecule has 0 radical (unpaired) electrons. The molecule has 3 aromatic rings. The molecule has 2 aliphatic heterocycles. The van der Waals surface area contributed by atoms with E-state index in [1.54, 1.807) is 17.6 Å². The number of hydrogen-bond donors (Lipinski definition) is 2. The normalized spacial score (nSPS) is 19.4. The second-order valence-electron chi connectivity index (χ2n) is 7.91. The van der Waals surface area contributed by atoms with Crippen molar-refractivity contribution >= 4 is 28.9 Å². The average molecular weight is 418 g/mol. The number of aryl methyl sites for hydroxylation is 1. The Morgan fingerprint density at radius 2 is 2.10 bits per heavy atom. The number of ether oxygens (including phenoxy) is 1. The lowest BCUT2D eigenvalue weighted by Crippen LogP contribution is -2.44. The van der Waals surface area contributed by atoms with Gasteiger partial charge in [-0.15, -0.1) is 0 Å². The maximum atomic E-state index is 13.2. The van der Waals surface area contributed by atoms with Gasteiger partial charge >= 0.3 is 5.97 Å². The second-order valence-corrected chi connectivity index (χ2v) is 7.91. The Morgan fingerprint density at radius 1 is 1.29 bits per heavy atom. The molecule has 0 saturated carbocycles. The maximum Gasteiger partial charge on any atom is 0.343 e. The molecule has 2 aromatic heterocycles. The molecule has 0 fully saturated rings. The predicted octanol–water partition coefficient (Wildman–Crippen LogP) is 2.26. The summed E-state index contributed by atoms with van der Waals surface area (Å²) >= 11 is 0. The maximum absolute atomic E-state index is 13.2. The average Bonchev–Trinajstić information content (AvgIpc) is 3.13. The molecule has 1 aromatic carbocycles. The number of aromatic nitrogens is 2. The molecule has 0 aliphatic carbocycles. The minimum Gasteiger partial charge on any atom is -0.458 e. The van der Waals surface area contributed by atoms with Crippen LogP contribution >= 0.6 is 0 Å². The molecule has 158 valence electrons. The fourth-order valence-corrected chi connectivity index (χ4v) is 4.58. The lowest BCUT2D eigenvalue weighted by molar-refractivity contribution is -0.172. The van der Waals surface area contributed by atoms with Gasteiger partial charge in [-0.1, -0.05) is 13.8 Å². The van der Waals surface area contributed by atoms with Crippen LogP contribution < -0.4 is 11.3 Å². The first kappa shape index (κ1) is 19.4. The number of aliphatic imine (C=N–C) groups is 1. The topological polar surface area (TPSA) is 120 Å². The van der Waals surface area contributed by atoms with Crippen LogP contribution in [0.15, 0.2) is 34.1 Å². The van der Waals surface area contributed by atoms with Gasteiger partial charge in [0.15, 0.2) is 5.60 Å². The zero-order valence-electron chi connectivity index (χ0n) is 17.3. The summed E-state index contributed by atoms with van der Waals surface area (Å²) in [5, 5.41) is 11.9. The van der Waals surface area contributed by atoms with Gasteiger partial charge in [0.25, 0.3) is 5.56 Å². The molecule has 0 bridgehead atoms. The van der Waals surface area contributed by atoms with E-state index in [-0.39, 0.29) is 18.6 Å². The number of fused-ring (bicyclic) bond motifs is 5. The Morgan fingerprint density at radius 3 is 2.81 bits per heavy atom.